The highest BCUT2D eigenvalue weighted by atomic mass is 16.4. The van der Waals surface area contributed by atoms with E-state index in [1.165, 1.54) is 0 Å². The van der Waals surface area contributed by atoms with Crippen LogP contribution in [-0.2, 0) is 11.3 Å². The molecule has 2 rings (SSSR count). The zero-order valence-corrected chi connectivity index (χ0v) is 12.7. The minimum Gasteiger partial charge on any atom is -0.480 e. The number of carbonyl (C=O) groups is 1. The minimum atomic E-state index is -0.841. The van der Waals surface area contributed by atoms with Crippen LogP contribution < -0.4 is 4.90 Å². The van der Waals surface area contributed by atoms with Crippen LogP contribution in [0.5, 0.6) is 0 Å². The van der Waals surface area contributed by atoms with Gasteiger partial charge in [-0.3, -0.25) is 4.79 Å². The van der Waals surface area contributed by atoms with E-state index in [-0.39, 0.29) is 6.54 Å². The van der Waals surface area contributed by atoms with Crippen LogP contribution in [0.25, 0.3) is 0 Å². The Balaban J connectivity index is 2.26. The predicted molar refractivity (Wildman–Crippen MR) is 82.5 cm³/mol. The van der Waals surface area contributed by atoms with Gasteiger partial charge in [-0.25, -0.2) is 4.98 Å². The van der Waals surface area contributed by atoms with E-state index in [1.54, 1.807) is 12.5 Å². The van der Waals surface area contributed by atoms with Crippen molar-refractivity contribution >= 4 is 11.7 Å². The van der Waals surface area contributed by atoms with E-state index in [2.05, 4.69) is 23.4 Å². The third kappa shape index (κ3) is 3.84. The Labute approximate surface area is 124 Å². The Morgan fingerprint density at radius 3 is 2.57 bits per heavy atom. The topological polar surface area (TPSA) is 58.4 Å². The van der Waals surface area contributed by atoms with Crippen molar-refractivity contribution in [2.45, 2.75) is 33.4 Å². The first-order chi connectivity index (χ1) is 9.97. The summed E-state index contributed by atoms with van der Waals surface area (Å²) in [6, 6.07) is 8.18. The quantitative estimate of drug-likeness (QED) is 0.887. The highest BCUT2D eigenvalue weighted by molar-refractivity contribution is 5.73. The molecule has 0 aliphatic carbocycles. The summed E-state index contributed by atoms with van der Waals surface area (Å²) in [5, 5.41) is 9.14. The lowest BCUT2D eigenvalue weighted by atomic mass is 10.2. The molecule has 1 aromatic heterocycles. The number of carboxylic acids is 1. The molecule has 0 saturated carbocycles. The van der Waals surface area contributed by atoms with Gasteiger partial charge in [0.05, 0.1) is 18.6 Å². The van der Waals surface area contributed by atoms with Gasteiger partial charge in [-0.1, -0.05) is 17.7 Å². The summed E-state index contributed by atoms with van der Waals surface area (Å²) in [6.45, 7) is 6.66. The van der Waals surface area contributed by atoms with Crippen molar-refractivity contribution in [3.8, 4) is 0 Å². The lowest BCUT2D eigenvalue weighted by molar-refractivity contribution is -0.135. The lowest BCUT2D eigenvalue weighted by Crippen LogP contribution is -2.30. The Hall–Kier alpha value is -2.30. The fraction of sp³-hybridized carbons (Fsp3) is 0.375. The van der Waals surface area contributed by atoms with E-state index in [1.807, 2.05) is 36.1 Å². The number of imidazole rings is 1. The molecule has 1 heterocycles. The molecule has 0 aliphatic rings. The van der Waals surface area contributed by atoms with Crippen LogP contribution in [-0.4, -0.2) is 27.2 Å². The summed E-state index contributed by atoms with van der Waals surface area (Å²) in [5.41, 5.74) is 3.06. The summed E-state index contributed by atoms with van der Waals surface area (Å²) in [6.07, 6.45) is 3.58. The van der Waals surface area contributed by atoms with Crippen LogP contribution in [0.2, 0.25) is 0 Å². The minimum absolute atomic E-state index is 0.0354. The van der Waals surface area contributed by atoms with E-state index in [9.17, 15) is 4.79 Å². The fourth-order valence-corrected chi connectivity index (χ4v) is 2.27. The van der Waals surface area contributed by atoms with E-state index in [0.29, 0.717) is 12.6 Å². The van der Waals surface area contributed by atoms with E-state index in [0.717, 1.165) is 16.9 Å². The smallest absolute Gasteiger partial charge is 0.323 e. The first-order valence-corrected chi connectivity index (χ1v) is 7.01. The predicted octanol–water partition coefficient (Wildman–Crippen LogP) is 2.86. The van der Waals surface area contributed by atoms with Crippen LogP contribution in [0.4, 0.5) is 5.69 Å². The highest BCUT2D eigenvalue weighted by Gasteiger charge is 2.14. The Morgan fingerprint density at radius 1 is 1.33 bits per heavy atom. The third-order valence-corrected chi connectivity index (χ3v) is 3.38. The Bertz CT molecular complexity index is 602. The van der Waals surface area contributed by atoms with Gasteiger partial charge in [0, 0.05) is 17.9 Å². The van der Waals surface area contributed by atoms with Gasteiger partial charge >= 0.3 is 5.97 Å². The lowest BCUT2D eigenvalue weighted by Gasteiger charge is -2.24. The number of hydrogen-bond donors (Lipinski definition) is 1. The molecule has 2 aromatic rings. The zero-order valence-electron chi connectivity index (χ0n) is 12.7. The van der Waals surface area contributed by atoms with Gasteiger partial charge in [0.15, 0.2) is 0 Å². The molecule has 0 unspecified atom stereocenters. The molecule has 0 saturated heterocycles. The first kappa shape index (κ1) is 15.1. The highest BCUT2D eigenvalue weighted by Crippen LogP contribution is 2.19. The number of nitrogens with zero attached hydrogens (tertiary/aromatic N) is 3. The van der Waals surface area contributed by atoms with E-state index < -0.39 is 5.97 Å². The van der Waals surface area contributed by atoms with Gasteiger partial charge in [0.25, 0.3) is 0 Å². The van der Waals surface area contributed by atoms with Crippen molar-refractivity contribution in [1.29, 1.82) is 0 Å². The molecule has 1 aromatic carbocycles. The molecular weight excluding hydrogens is 266 g/mol. The molecule has 21 heavy (non-hydrogen) atoms. The average molecular weight is 287 g/mol. The number of rotatable bonds is 6. The number of aryl methyl sites for hydroxylation is 1. The van der Waals surface area contributed by atoms with Crippen LogP contribution in [0.15, 0.2) is 36.8 Å². The second kappa shape index (κ2) is 6.43. The van der Waals surface area contributed by atoms with Crippen LogP contribution in [0.1, 0.15) is 31.1 Å². The molecule has 1 N–H and O–H groups in total. The molecule has 0 amide bonds. The molecule has 0 spiro atoms. The maximum atomic E-state index is 11.1. The van der Waals surface area contributed by atoms with Crippen molar-refractivity contribution in [3.63, 3.8) is 0 Å². The molecule has 0 aliphatic heterocycles. The van der Waals surface area contributed by atoms with Gasteiger partial charge < -0.3 is 14.6 Å². The second-order valence-electron chi connectivity index (χ2n) is 5.47. The van der Waals surface area contributed by atoms with E-state index >= 15 is 0 Å². The van der Waals surface area contributed by atoms with Gasteiger partial charge in [-0.05, 0) is 32.9 Å². The maximum absolute atomic E-state index is 11.1. The van der Waals surface area contributed by atoms with Crippen LogP contribution in [0.3, 0.4) is 0 Å². The number of aromatic nitrogens is 2. The molecule has 5 nitrogen and oxygen atoms in total. The van der Waals surface area contributed by atoms with E-state index in [4.69, 9.17) is 5.11 Å². The maximum Gasteiger partial charge on any atom is 0.323 e. The summed E-state index contributed by atoms with van der Waals surface area (Å²) in [4.78, 5) is 17.2. The Kier molecular flexibility index (Phi) is 4.62. The number of hydrogen-bond acceptors (Lipinski definition) is 3. The summed E-state index contributed by atoms with van der Waals surface area (Å²) < 4.78 is 2.06. The molecule has 0 atom stereocenters. The van der Waals surface area contributed by atoms with Gasteiger partial charge in [-0.2, -0.15) is 0 Å². The SMILES string of the molecule is Cc1ccc(N(CC(=O)O)Cc2cncn2C(C)C)cc1. The number of carboxylic acid groups (broad SMARTS) is 1. The summed E-state index contributed by atoms with van der Waals surface area (Å²) in [5.74, 6) is -0.841. The average Bonchev–Trinajstić information content (AvgIpc) is 2.86. The van der Waals surface area contributed by atoms with Crippen molar-refractivity contribution in [2.24, 2.45) is 0 Å². The van der Waals surface area contributed by atoms with Gasteiger partial charge in [0.1, 0.15) is 6.54 Å². The number of aliphatic carboxylic acids is 1. The second-order valence-corrected chi connectivity index (χ2v) is 5.47. The molecule has 112 valence electrons. The van der Waals surface area contributed by atoms with Crippen molar-refractivity contribution in [1.82, 2.24) is 9.55 Å². The largest absolute Gasteiger partial charge is 0.480 e. The monoisotopic (exact) mass is 287 g/mol. The van der Waals surface area contributed by atoms with Gasteiger partial charge in [0.2, 0.25) is 0 Å². The van der Waals surface area contributed by atoms with Crippen LogP contribution in [0, 0.1) is 6.92 Å². The zero-order chi connectivity index (χ0) is 15.4. The molecule has 5 heteroatoms. The molecule has 0 bridgehead atoms. The summed E-state index contributed by atoms with van der Waals surface area (Å²) >= 11 is 0. The normalized spacial score (nSPS) is 10.9. The summed E-state index contributed by atoms with van der Waals surface area (Å²) in [7, 11) is 0. The van der Waals surface area contributed by atoms with Crippen molar-refractivity contribution in [2.75, 3.05) is 11.4 Å². The Morgan fingerprint density at radius 2 is 2.00 bits per heavy atom. The molecule has 0 fully saturated rings. The standard InChI is InChI=1S/C16H21N3O2/c1-12(2)19-11-17-8-15(19)9-18(10-16(20)21)14-6-4-13(3)5-7-14/h4-8,11-12H,9-10H2,1-3H3,(H,20,21). The molecular formula is C16H21N3O2. The van der Waals surface area contributed by atoms with Crippen molar-refractivity contribution in [3.05, 3.63) is 48.0 Å². The molecule has 0 radical (unpaired) electrons. The first-order valence-electron chi connectivity index (χ1n) is 7.01. The fourth-order valence-electron chi connectivity index (χ4n) is 2.27. The van der Waals surface area contributed by atoms with Gasteiger partial charge in [-0.15, -0.1) is 0 Å². The third-order valence-electron chi connectivity index (χ3n) is 3.38. The number of anilines is 1. The van der Waals surface area contributed by atoms with Crippen molar-refractivity contribution < 1.29 is 9.90 Å². The number of benzene rings is 1. The van der Waals surface area contributed by atoms with Crippen LogP contribution >= 0.6 is 0 Å².